The standard InChI is InChI=1S/C11H14Cl2N2O3S/c1-2-3-4-15-11(16)7-5-8(12)10(13)9(6-7)19(14,17)18/h5-6H,2-4H2,1H3,(H,15,16)(H2,14,17,18). The monoisotopic (exact) mass is 324 g/mol. The topological polar surface area (TPSA) is 89.3 Å². The van der Waals surface area contributed by atoms with Gasteiger partial charge in [-0.1, -0.05) is 36.5 Å². The van der Waals surface area contributed by atoms with E-state index in [2.05, 4.69) is 5.32 Å². The van der Waals surface area contributed by atoms with Gasteiger partial charge in [-0.2, -0.15) is 0 Å². The highest BCUT2D eigenvalue weighted by molar-refractivity contribution is 7.89. The summed E-state index contributed by atoms with van der Waals surface area (Å²) in [5, 5.41) is 7.44. The van der Waals surface area contributed by atoms with Gasteiger partial charge in [-0.15, -0.1) is 0 Å². The van der Waals surface area contributed by atoms with Crippen molar-refractivity contribution >= 4 is 39.1 Å². The lowest BCUT2D eigenvalue weighted by molar-refractivity contribution is 0.0953. The van der Waals surface area contributed by atoms with Gasteiger partial charge >= 0.3 is 0 Å². The lowest BCUT2D eigenvalue weighted by atomic mass is 10.2. The molecule has 19 heavy (non-hydrogen) atoms. The largest absolute Gasteiger partial charge is 0.352 e. The summed E-state index contributed by atoms with van der Waals surface area (Å²) < 4.78 is 22.7. The highest BCUT2D eigenvalue weighted by atomic mass is 35.5. The number of rotatable bonds is 5. The maximum absolute atomic E-state index is 11.8. The van der Waals surface area contributed by atoms with Crippen LogP contribution in [0.4, 0.5) is 0 Å². The van der Waals surface area contributed by atoms with Crippen LogP contribution in [-0.4, -0.2) is 20.9 Å². The molecular formula is C11H14Cl2N2O3S. The fourth-order valence-corrected chi connectivity index (χ4v) is 2.74. The van der Waals surface area contributed by atoms with E-state index >= 15 is 0 Å². The normalized spacial score (nSPS) is 11.4. The summed E-state index contributed by atoms with van der Waals surface area (Å²) in [6, 6.07) is 2.42. The fourth-order valence-electron chi connectivity index (χ4n) is 1.38. The number of halogens is 2. The number of sulfonamides is 1. The molecule has 0 saturated carbocycles. The van der Waals surface area contributed by atoms with Crippen molar-refractivity contribution in [3.63, 3.8) is 0 Å². The maximum Gasteiger partial charge on any atom is 0.251 e. The van der Waals surface area contributed by atoms with E-state index in [1.165, 1.54) is 6.07 Å². The predicted molar refractivity (Wildman–Crippen MR) is 75.1 cm³/mol. The third-order valence-electron chi connectivity index (χ3n) is 2.38. The predicted octanol–water partition coefficient (Wildman–Crippen LogP) is 2.17. The summed E-state index contributed by atoms with van der Waals surface area (Å²) in [5.41, 5.74) is 0.106. The van der Waals surface area contributed by atoms with Gasteiger partial charge in [0.15, 0.2) is 0 Å². The van der Waals surface area contributed by atoms with E-state index in [0.29, 0.717) is 6.54 Å². The second-order valence-corrected chi connectivity index (χ2v) is 6.24. The SMILES string of the molecule is CCCCNC(=O)c1cc(Cl)c(Cl)c(S(N)(=O)=O)c1. The van der Waals surface area contributed by atoms with Crippen LogP contribution in [0, 0.1) is 0 Å². The van der Waals surface area contributed by atoms with Crippen LogP contribution in [0.5, 0.6) is 0 Å². The molecular weight excluding hydrogens is 311 g/mol. The van der Waals surface area contributed by atoms with E-state index in [4.69, 9.17) is 28.3 Å². The lowest BCUT2D eigenvalue weighted by Gasteiger charge is -2.08. The zero-order valence-electron chi connectivity index (χ0n) is 10.2. The smallest absolute Gasteiger partial charge is 0.251 e. The average Bonchev–Trinajstić information content (AvgIpc) is 2.31. The van der Waals surface area contributed by atoms with E-state index < -0.39 is 15.9 Å². The molecule has 0 aliphatic rings. The number of benzene rings is 1. The van der Waals surface area contributed by atoms with Gasteiger partial charge in [0.05, 0.1) is 10.0 Å². The van der Waals surface area contributed by atoms with Crippen LogP contribution in [0.2, 0.25) is 10.0 Å². The molecule has 0 aliphatic heterocycles. The van der Waals surface area contributed by atoms with Crippen molar-refractivity contribution in [3.05, 3.63) is 27.7 Å². The van der Waals surface area contributed by atoms with Crippen molar-refractivity contribution in [2.24, 2.45) is 5.14 Å². The van der Waals surface area contributed by atoms with Gasteiger partial charge in [0.25, 0.3) is 5.91 Å². The molecule has 0 unspecified atom stereocenters. The molecule has 3 N–H and O–H groups in total. The molecule has 0 saturated heterocycles. The molecule has 8 heteroatoms. The summed E-state index contributed by atoms with van der Waals surface area (Å²) in [5.74, 6) is -0.420. The minimum atomic E-state index is -4.03. The lowest BCUT2D eigenvalue weighted by Crippen LogP contribution is -2.25. The summed E-state index contributed by atoms with van der Waals surface area (Å²) in [4.78, 5) is 11.5. The van der Waals surface area contributed by atoms with Gasteiger partial charge in [-0.25, -0.2) is 13.6 Å². The maximum atomic E-state index is 11.8. The number of amides is 1. The highest BCUT2D eigenvalue weighted by Crippen LogP contribution is 2.30. The molecule has 0 bridgehead atoms. The minimum Gasteiger partial charge on any atom is -0.352 e. The van der Waals surface area contributed by atoms with Gasteiger partial charge in [-0.3, -0.25) is 4.79 Å². The first-order chi connectivity index (χ1) is 8.77. The second-order valence-electron chi connectivity index (χ2n) is 3.92. The van der Waals surface area contributed by atoms with Crippen molar-refractivity contribution in [3.8, 4) is 0 Å². The summed E-state index contributed by atoms with van der Waals surface area (Å²) in [7, 11) is -4.03. The van der Waals surface area contributed by atoms with Crippen LogP contribution < -0.4 is 10.5 Å². The number of hydrogen-bond acceptors (Lipinski definition) is 3. The molecule has 0 fully saturated rings. The summed E-state index contributed by atoms with van der Waals surface area (Å²) in [6.45, 7) is 2.49. The van der Waals surface area contributed by atoms with Crippen molar-refractivity contribution in [1.82, 2.24) is 5.32 Å². The number of nitrogens with two attached hydrogens (primary N) is 1. The van der Waals surface area contributed by atoms with Crippen LogP contribution in [0.3, 0.4) is 0 Å². The molecule has 0 aromatic heterocycles. The van der Waals surface area contributed by atoms with E-state index in [0.717, 1.165) is 18.9 Å². The minimum absolute atomic E-state index is 0.0335. The molecule has 0 aliphatic carbocycles. The Labute approximate surface area is 122 Å². The van der Waals surface area contributed by atoms with Gasteiger partial charge in [0.2, 0.25) is 10.0 Å². The Hall–Kier alpha value is -0.820. The first kappa shape index (κ1) is 16.2. The molecule has 1 rings (SSSR count). The first-order valence-electron chi connectivity index (χ1n) is 5.57. The van der Waals surface area contributed by atoms with E-state index in [9.17, 15) is 13.2 Å². The summed E-state index contributed by atoms with van der Waals surface area (Å²) >= 11 is 11.6. The van der Waals surface area contributed by atoms with Gasteiger partial charge in [0.1, 0.15) is 4.90 Å². The van der Waals surface area contributed by atoms with Crippen LogP contribution in [0.15, 0.2) is 17.0 Å². The number of carbonyl (C=O) groups excluding carboxylic acids is 1. The molecule has 1 amide bonds. The number of hydrogen-bond donors (Lipinski definition) is 2. The van der Waals surface area contributed by atoms with E-state index in [-0.39, 0.29) is 20.5 Å². The third-order valence-corrected chi connectivity index (χ3v) is 4.23. The molecule has 1 aromatic carbocycles. The molecule has 5 nitrogen and oxygen atoms in total. The van der Waals surface area contributed by atoms with Crippen molar-refractivity contribution in [2.75, 3.05) is 6.54 Å². The molecule has 0 spiro atoms. The number of carbonyl (C=O) groups is 1. The number of unbranched alkanes of at least 4 members (excludes halogenated alkanes) is 1. The van der Waals surface area contributed by atoms with Crippen LogP contribution in [-0.2, 0) is 10.0 Å². The van der Waals surface area contributed by atoms with E-state index in [1.807, 2.05) is 6.92 Å². The van der Waals surface area contributed by atoms with Crippen LogP contribution >= 0.6 is 23.2 Å². The fraction of sp³-hybridized carbons (Fsp3) is 0.364. The molecule has 0 atom stereocenters. The third kappa shape index (κ3) is 4.35. The van der Waals surface area contributed by atoms with Gasteiger partial charge in [0, 0.05) is 12.1 Å². The van der Waals surface area contributed by atoms with Crippen molar-refractivity contribution in [1.29, 1.82) is 0 Å². The Kier molecular flexibility index (Phi) is 5.61. The highest BCUT2D eigenvalue weighted by Gasteiger charge is 2.19. The Morgan fingerprint density at radius 2 is 2.00 bits per heavy atom. The van der Waals surface area contributed by atoms with Crippen molar-refractivity contribution < 1.29 is 13.2 Å². The molecule has 0 heterocycles. The first-order valence-corrected chi connectivity index (χ1v) is 7.87. The molecule has 0 radical (unpaired) electrons. The number of nitrogens with one attached hydrogen (secondary N) is 1. The van der Waals surface area contributed by atoms with E-state index in [1.54, 1.807) is 0 Å². The zero-order valence-corrected chi connectivity index (χ0v) is 12.6. The summed E-state index contributed by atoms with van der Waals surface area (Å²) in [6.07, 6.45) is 1.76. The Morgan fingerprint density at radius 1 is 1.37 bits per heavy atom. The van der Waals surface area contributed by atoms with Gasteiger partial charge in [-0.05, 0) is 18.6 Å². The van der Waals surface area contributed by atoms with Crippen LogP contribution in [0.25, 0.3) is 0 Å². The zero-order chi connectivity index (χ0) is 14.6. The molecule has 106 valence electrons. The van der Waals surface area contributed by atoms with Crippen molar-refractivity contribution in [2.45, 2.75) is 24.7 Å². The molecule has 1 aromatic rings. The van der Waals surface area contributed by atoms with Gasteiger partial charge < -0.3 is 5.32 Å². The average molecular weight is 325 g/mol. The Balaban J connectivity index is 3.11. The second kappa shape index (κ2) is 6.56. The van der Waals surface area contributed by atoms with Crippen LogP contribution in [0.1, 0.15) is 30.1 Å². The Morgan fingerprint density at radius 3 is 2.53 bits per heavy atom. The quantitative estimate of drug-likeness (QED) is 0.813. The number of primary sulfonamides is 1. The Bertz CT molecular complexity index is 588.